The molecule has 0 bridgehead atoms. The van der Waals surface area contributed by atoms with Gasteiger partial charge in [-0.3, -0.25) is 4.79 Å². The monoisotopic (exact) mass is 279 g/mol. The maximum atomic E-state index is 11.8. The fraction of sp³-hybridized carbons (Fsp3) is 0.308. The number of carbonyl (C=O) groups is 3. The molecule has 0 radical (unpaired) electrons. The SMILES string of the molecule is CSc1cccc(C(=O)OC(=O)C2CCC(=O)N2)c1. The number of hydrogen-bond donors (Lipinski definition) is 1. The Bertz CT molecular complexity index is 529. The van der Waals surface area contributed by atoms with Crippen LogP contribution in [-0.4, -0.2) is 30.1 Å². The molecule has 0 spiro atoms. The van der Waals surface area contributed by atoms with Gasteiger partial charge in [0, 0.05) is 11.3 Å². The van der Waals surface area contributed by atoms with E-state index in [1.807, 2.05) is 12.3 Å². The fourth-order valence-electron chi connectivity index (χ4n) is 1.76. The third kappa shape index (κ3) is 3.35. The molecule has 5 nitrogen and oxygen atoms in total. The van der Waals surface area contributed by atoms with E-state index in [1.165, 1.54) is 11.8 Å². The van der Waals surface area contributed by atoms with Gasteiger partial charge in [-0.2, -0.15) is 0 Å². The Balaban J connectivity index is 2.00. The number of ether oxygens (including phenoxy) is 1. The minimum Gasteiger partial charge on any atom is -0.388 e. The van der Waals surface area contributed by atoms with Crippen LogP contribution in [0.3, 0.4) is 0 Å². The third-order valence-corrected chi connectivity index (χ3v) is 3.50. The predicted octanol–water partition coefficient (Wildman–Crippen LogP) is 1.37. The molecule has 1 atom stereocenters. The van der Waals surface area contributed by atoms with E-state index in [1.54, 1.807) is 18.2 Å². The maximum absolute atomic E-state index is 11.8. The molecule has 0 aliphatic carbocycles. The lowest BCUT2D eigenvalue weighted by atomic mass is 10.2. The van der Waals surface area contributed by atoms with Crippen LogP contribution in [0.5, 0.6) is 0 Å². The van der Waals surface area contributed by atoms with E-state index in [0.717, 1.165) is 4.90 Å². The summed E-state index contributed by atoms with van der Waals surface area (Å²) in [6, 6.07) is 6.13. The van der Waals surface area contributed by atoms with E-state index < -0.39 is 18.0 Å². The first-order chi connectivity index (χ1) is 9.10. The van der Waals surface area contributed by atoms with E-state index in [9.17, 15) is 14.4 Å². The topological polar surface area (TPSA) is 72.5 Å². The van der Waals surface area contributed by atoms with Gasteiger partial charge in [0.15, 0.2) is 0 Å². The van der Waals surface area contributed by atoms with E-state index in [2.05, 4.69) is 5.32 Å². The molecule has 1 aromatic rings. The summed E-state index contributed by atoms with van der Waals surface area (Å²) >= 11 is 1.50. The average Bonchev–Trinajstić information content (AvgIpc) is 2.85. The first kappa shape index (κ1) is 13.6. The van der Waals surface area contributed by atoms with E-state index in [-0.39, 0.29) is 12.3 Å². The Morgan fingerprint density at radius 3 is 2.84 bits per heavy atom. The Morgan fingerprint density at radius 2 is 2.21 bits per heavy atom. The second kappa shape index (κ2) is 5.88. The molecule has 1 aliphatic heterocycles. The number of nitrogens with one attached hydrogen (secondary N) is 1. The highest BCUT2D eigenvalue weighted by molar-refractivity contribution is 7.98. The normalized spacial score (nSPS) is 17.9. The van der Waals surface area contributed by atoms with Crippen LogP contribution in [-0.2, 0) is 14.3 Å². The van der Waals surface area contributed by atoms with Crippen LogP contribution >= 0.6 is 11.8 Å². The molecule has 1 heterocycles. The molecule has 1 N–H and O–H groups in total. The van der Waals surface area contributed by atoms with Gasteiger partial charge in [-0.25, -0.2) is 9.59 Å². The summed E-state index contributed by atoms with van der Waals surface area (Å²) in [5, 5.41) is 2.46. The molecule has 2 rings (SSSR count). The first-order valence-corrected chi connectivity index (χ1v) is 7.02. The van der Waals surface area contributed by atoms with E-state index >= 15 is 0 Å². The Morgan fingerprint density at radius 1 is 1.42 bits per heavy atom. The van der Waals surface area contributed by atoms with Gasteiger partial charge in [-0.1, -0.05) is 6.07 Å². The molecule has 0 saturated carbocycles. The molecule has 1 aromatic carbocycles. The highest BCUT2D eigenvalue weighted by Crippen LogP contribution is 2.17. The Labute approximate surface area is 114 Å². The standard InChI is InChI=1S/C13H13NO4S/c1-19-9-4-2-3-8(7-9)12(16)18-13(17)10-5-6-11(15)14-10/h2-4,7,10H,5-6H2,1H3,(H,14,15). The van der Waals surface area contributed by atoms with Crippen molar-refractivity contribution in [1.82, 2.24) is 5.32 Å². The third-order valence-electron chi connectivity index (χ3n) is 2.78. The summed E-state index contributed by atoms with van der Waals surface area (Å²) in [7, 11) is 0. The first-order valence-electron chi connectivity index (χ1n) is 5.79. The molecule has 1 unspecified atom stereocenters. The highest BCUT2D eigenvalue weighted by atomic mass is 32.2. The Kier molecular flexibility index (Phi) is 4.21. The van der Waals surface area contributed by atoms with Crippen molar-refractivity contribution in [2.24, 2.45) is 0 Å². The van der Waals surface area contributed by atoms with Crippen molar-refractivity contribution in [3.05, 3.63) is 29.8 Å². The second-order valence-electron chi connectivity index (χ2n) is 4.10. The van der Waals surface area contributed by atoms with Crippen molar-refractivity contribution >= 4 is 29.6 Å². The lowest BCUT2D eigenvalue weighted by Crippen LogP contribution is -2.35. The van der Waals surface area contributed by atoms with Crippen LogP contribution in [0.2, 0.25) is 0 Å². The summed E-state index contributed by atoms with van der Waals surface area (Å²) in [4.78, 5) is 35.4. The molecule has 1 saturated heterocycles. The van der Waals surface area contributed by atoms with Crippen LogP contribution in [0.1, 0.15) is 23.2 Å². The maximum Gasteiger partial charge on any atom is 0.345 e. The van der Waals surface area contributed by atoms with Crippen molar-refractivity contribution in [3.8, 4) is 0 Å². The average molecular weight is 279 g/mol. The minimum atomic E-state index is -0.708. The molecule has 1 fully saturated rings. The largest absolute Gasteiger partial charge is 0.388 e. The summed E-state index contributed by atoms with van der Waals surface area (Å²) in [6.07, 6.45) is 2.55. The molecule has 19 heavy (non-hydrogen) atoms. The zero-order chi connectivity index (χ0) is 13.8. The van der Waals surface area contributed by atoms with Crippen LogP contribution in [0.15, 0.2) is 29.2 Å². The van der Waals surface area contributed by atoms with E-state index in [4.69, 9.17) is 4.74 Å². The fourth-order valence-corrected chi connectivity index (χ4v) is 2.22. The van der Waals surface area contributed by atoms with Crippen molar-refractivity contribution in [2.45, 2.75) is 23.8 Å². The number of hydrogen-bond acceptors (Lipinski definition) is 5. The lowest BCUT2D eigenvalue weighted by molar-refractivity contribution is -0.140. The molecule has 100 valence electrons. The molecular weight excluding hydrogens is 266 g/mol. The molecule has 0 aromatic heterocycles. The van der Waals surface area contributed by atoms with Gasteiger partial charge in [0.25, 0.3) is 0 Å². The summed E-state index contributed by atoms with van der Waals surface area (Å²) in [5.74, 6) is -1.59. The number of thioether (sulfide) groups is 1. The molecule has 6 heteroatoms. The number of amides is 1. The number of benzene rings is 1. The zero-order valence-electron chi connectivity index (χ0n) is 10.3. The van der Waals surface area contributed by atoms with Gasteiger partial charge >= 0.3 is 11.9 Å². The van der Waals surface area contributed by atoms with Gasteiger partial charge in [0.1, 0.15) is 6.04 Å². The van der Waals surface area contributed by atoms with Crippen molar-refractivity contribution < 1.29 is 19.1 Å². The summed E-state index contributed by atoms with van der Waals surface area (Å²) in [5.41, 5.74) is 0.324. The summed E-state index contributed by atoms with van der Waals surface area (Å²) in [6.45, 7) is 0. The van der Waals surface area contributed by atoms with Gasteiger partial charge in [-0.05, 0) is 30.9 Å². The smallest absolute Gasteiger partial charge is 0.345 e. The van der Waals surface area contributed by atoms with Gasteiger partial charge in [0.05, 0.1) is 5.56 Å². The predicted molar refractivity (Wildman–Crippen MR) is 69.8 cm³/mol. The zero-order valence-corrected chi connectivity index (χ0v) is 11.2. The minimum absolute atomic E-state index is 0.196. The van der Waals surface area contributed by atoms with Crippen LogP contribution in [0, 0.1) is 0 Å². The van der Waals surface area contributed by atoms with Crippen LogP contribution in [0.25, 0.3) is 0 Å². The second-order valence-corrected chi connectivity index (χ2v) is 4.98. The quantitative estimate of drug-likeness (QED) is 0.514. The number of esters is 2. The number of rotatable bonds is 3. The molecule has 1 amide bonds. The lowest BCUT2D eigenvalue weighted by Gasteiger charge is -2.08. The van der Waals surface area contributed by atoms with Gasteiger partial charge in [0.2, 0.25) is 5.91 Å². The van der Waals surface area contributed by atoms with E-state index in [0.29, 0.717) is 12.0 Å². The van der Waals surface area contributed by atoms with Crippen molar-refractivity contribution in [3.63, 3.8) is 0 Å². The molecular formula is C13H13NO4S. The highest BCUT2D eigenvalue weighted by Gasteiger charge is 2.30. The van der Waals surface area contributed by atoms with Crippen molar-refractivity contribution in [1.29, 1.82) is 0 Å². The van der Waals surface area contributed by atoms with Gasteiger partial charge < -0.3 is 10.1 Å². The number of carbonyl (C=O) groups excluding carboxylic acids is 3. The van der Waals surface area contributed by atoms with Crippen LogP contribution in [0.4, 0.5) is 0 Å². The van der Waals surface area contributed by atoms with Crippen molar-refractivity contribution in [2.75, 3.05) is 6.26 Å². The van der Waals surface area contributed by atoms with Gasteiger partial charge in [-0.15, -0.1) is 11.8 Å². The summed E-state index contributed by atoms with van der Waals surface area (Å²) < 4.78 is 4.77. The molecule has 1 aliphatic rings. The Hall–Kier alpha value is -1.82. The van der Waals surface area contributed by atoms with Crippen LogP contribution < -0.4 is 5.32 Å².